The fourth-order valence-corrected chi connectivity index (χ4v) is 12.0. The van der Waals surface area contributed by atoms with E-state index in [9.17, 15) is 0 Å². The van der Waals surface area contributed by atoms with E-state index in [2.05, 4.69) is 211 Å². The van der Waals surface area contributed by atoms with E-state index >= 15 is 0 Å². The summed E-state index contributed by atoms with van der Waals surface area (Å²) in [7, 11) is 0. The molecule has 0 saturated carbocycles. The van der Waals surface area contributed by atoms with Crippen molar-refractivity contribution in [2.75, 3.05) is 4.90 Å². The molecule has 0 radical (unpaired) electrons. The number of anilines is 3. The maximum Gasteiger partial charge on any atom is 0.136 e. The molecule has 3 aromatic heterocycles. The van der Waals surface area contributed by atoms with Crippen molar-refractivity contribution in [2.24, 2.45) is 0 Å². The van der Waals surface area contributed by atoms with E-state index in [0.29, 0.717) is 0 Å². The molecule has 3 heterocycles. The average molecular weight is 826 g/mol. The zero-order valence-corrected chi connectivity index (χ0v) is 35.0. The number of thiophene rings is 2. The molecule has 0 unspecified atom stereocenters. The molecular weight excluding hydrogens is 791 g/mol. The number of furan rings is 1. The Morgan fingerprint density at radius 1 is 0.339 bits per heavy atom. The van der Waals surface area contributed by atoms with Crippen molar-refractivity contribution in [3.8, 4) is 33.4 Å². The molecule has 62 heavy (non-hydrogen) atoms. The third kappa shape index (κ3) is 5.54. The van der Waals surface area contributed by atoms with Gasteiger partial charge < -0.3 is 9.32 Å². The summed E-state index contributed by atoms with van der Waals surface area (Å²) in [6, 6.07) is 77.4. The van der Waals surface area contributed by atoms with Gasteiger partial charge in [0.15, 0.2) is 0 Å². The smallest absolute Gasteiger partial charge is 0.136 e. The fraction of sp³-hybridized carbons (Fsp3) is 0. The minimum absolute atomic E-state index is 0.903. The van der Waals surface area contributed by atoms with E-state index < -0.39 is 0 Å². The minimum Gasteiger partial charge on any atom is -0.456 e. The Morgan fingerprint density at radius 3 is 1.74 bits per heavy atom. The number of nitrogens with zero attached hydrogens (tertiary/aromatic N) is 1. The maximum absolute atomic E-state index is 6.41. The summed E-state index contributed by atoms with van der Waals surface area (Å²) >= 11 is 3.74. The van der Waals surface area contributed by atoms with E-state index in [4.69, 9.17) is 4.42 Å². The Morgan fingerprint density at radius 2 is 0.919 bits per heavy atom. The molecule has 0 N–H and O–H groups in total. The van der Waals surface area contributed by atoms with Crippen LogP contribution >= 0.6 is 22.7 Å². The number of fused-ring (bicyclic) bond motifs is 10. The molecule has 13 aromatic rings. The van der Waals surface area contributed by atoms with Crippen molar-refractivity contribution >= 4 is 113 Å². The highest BCUT2D eigenvalue weighted by molar-refractivity contribution is 7.26. The molecule has 10 aromatic carbocycles. The van der Waals surface area contributed by atoms with Gasteiger partial charge >= 0.3 is 0 Å². The van der Waals surface area contributed by atoms with Crippen molar-refractivity contribution in [2.45, 2.75) is 0 Å². The predicted molar refractivity (Wildman–Crippen MR) is 268 cm³/mol. The first-order valence-electron chi connectivity index (χ1n) is 21.0. The molecule has 0 atom stereocenters. The normalized spacial score (nSPS) is 11.9. The molecule has 0 saturated heterocycles. The van der Waals surface area contributed by atoms with Gasteiger partial charge in [-0.3, -0.25) is 0 Å². The summed E-state index contributed by atoms with van der Waals surface area (Å²) in [4.78, 5) is 2.45. The highest BCUT2D eigenvalue weighted by Gasteiger charge is 2.23. The van der Waals surface area contributed by atoms with E-state index in [1.54, 1.807) is 0 Å². The molecule has 0 aliphatic heterocycles. The van der Waals surface area contributed by atoms with Crippen molar-refractivity contribution in [3.63, 3.8) is 0 Å². The predicted octanol–water partition coefficient (Wildman–Crippen LogP) is 17.9. The van der Waals surface area contributed by atoms with Crippen LogP contribution in [0.5, 0.6) is 0 Å². The van der Waals surface area contributed by atoms with Crippen LogP contribution in [0.25, 0.3) is 106 Å². The van der Waals surface area contributed by atoms with Gasteiger partial charge in [0.1, 0.15) is 11.2 Å². The van der Waals surface area contributed by atoms with E-state index in [1.165, 1.54) is 84.5 Å². The van der Waals surface area contributed by atoms with Crippen molar-refractivity contribution < 1.29 is 4.42 Å². The molecule has 0 amide bonds. The number of rotatable bonds is 6. The Balaban J connectivity index is 1.01. The standard InChI is InChI=1S/C58H35NOS2/c1-2-12-39-35-40(24-23-36(39)11-1)37-25-29-41(30-26-37)59(42-31-27-38(28-32-42)43-16-9-18-47-44-13-4-7-21-53(44)61-57(43)47)50-34-33-46(56-49-15-5-8-22-54(49)62-58(50)56)45-17-10-20-52-55(45)48-14-3-6-19-51(48)60-52/h1-35H. The molecular formula is C58H35NOS2. The van der Waals surface area contributed by atoms with E-state index in [-0.39, 0.29) is 0 Å². The van der Waals surface area contributed by atoms with Crippen molar-refractivity contribution in [1.29, 1.82) is 0 Å². The van der Waals surface area contributed by atoms with Gasteiger partial charge in [-0.25, -0.2) is 0 Å². The minimum atomic E-state index is 0.903. The molecule has 0 aliphatic rings. The average Bonchev–Trinajstić information content (AvgIpc) is 4.04. The van der Waals surface area contributed by atoms with Gasteiger partial charge in [-0.15, -0.1) is 22.7 Å². The SMILES string of the molecule is c1ccc2cc(-c3ccc(N(c4ccc(-c5cccc6c5sc5ccccc56)cc4)c4ccc(-c5cccc6oc7ccccc7c56)c5c4sc4ccccc45)cc3)ccc2c1. The molecule has 4 heteroatoms. The van der Waals surface area contributed by atoms with Crippen LogP contribution < -0.4 is 4.90 Å². The van der Waals surface area contributed by atoms with Crippen LogP contribution in [0.3, 0.4) is 0 Å². The lowest BCUT2D eigenvalue weighted by molar-refractivity contribution is 0.669. The lowest BCUT2D eigenvalue weighted by Crippen LogP contribution is -2.10. The molecule has 0 fully saturated rings. The van der Waals surface area contributed by atoms with Gasteiger partial charge in [0.05, 0.1) is 10.4 Å². The Hall–Kier alpha value is -7.50. The van der Waals surface area contributed by atoms with Gasteiger partial charge in [0.25, 0.3) is 0 Å². The second kappa shape index (κ2) is 14.0. The highest BCUT2D eigenvalue weighted by atomic mass is 32.1. The van der Waals surface area contributed by atoms with Gasteiger partial charge in [-0.2, -0.15) is 0 Å². The van der Waals surface area contributed by atoms with Crippen LogP contribution in [0, 0.1) is 0 Å². The van der Waals surface area contributed by atoms with Gasteiger partial charge in [0, 0.05) is 57.8 Å². The monoisotopic (exact) mass is 825 g/mol. The summed E-state index contributed by atoms with van der Waals surface area (Å²) in [5.41, 5.74) is 12.4. The van der Waals surface area contributed by atoms with E-state index in [0.717, 1.165) is 39.0 Å². The lowest BCUT2D eigenvalue weighted by atomic mass is 9.94. The zero-order chi connectivity index (χ0) is 40.7. The number of hydrogen-bond acceptors (Lipinski definition) is 4. The molecule has 13 rings (SSSR count). The third-order valence-corrected chi connectivity index (χ3v) is 14.9. The molecule has 2 nitrogen and oxygen atoms in total. The van der Waals surface area contributed by atoms with Crippen LogP contribution in [0.4, 0.5) is 17.1 Å². The topological polar surface area (TPSA) is 16.4 Å². The Labute approximate surface area is 365 Å². The van der Waals surface area contributed by atoms with E-state index in [1.807, 2.05) is 28.7 Å². The highest BCUT2D eigenvalue weighted by Crippen LogP contribution is 2.50. The fourth-order valence-electron chi connectivity index (χ4n) is 9.58. The van der Waals surface area contributed by atoms with Crippen molar-refractivity contribution in [1.82, 2.24) is 0 Å². The van der Waals surface area contributed by atoms with Gasteiger partial charge in [-0.05, 0) is 105 Å². The number of benzene rings is 10. The van der Waals surface area contributed by atoms with Crippen LogP contribution in [-0.4, -0.2) is 0 Å². The Kier molecular flexibility index (Phi) is 7.99. The second-order valence-electron chi connectivity index (χ2n) is 16.0. The quantitative estimate of drug-likeness (QED) is 0.166. The summed E-state index contributed by atoms with van der Waals surface area (Å²) in [6.07, 6.45) is 0. The van der Waals surface area contributed by atoms with Crippen LogP contribution in [0.1, 0.15) is 0 Å². The lowest BCUT2D eigenvalue weighted by Gasteiger charge is -2.27. The van der Waals surface area contributed by atoms with Crippen LogP contribution in [0.15, 0.2) is 217 Å². The molecule has 0 bridgehead atoms. The summed E-state index contributed by atoms with van der Waals surface area (Å²) in [6.45, 7) is 0. The van der Waals surface area contributed by atoms with Gasteiger partial charge in [0.2, 0.25) is 0 Å². The first kappa shape index (κ1) is 35.3. The zero-order valence-electron chi connectivity index (χ0n) is 33.4. The molecule has 0 spiro atoms. The molecule has 290 valence electrons. The van der Waals surface area contributed by atoms with Crippen LogP contribution in [-0.2, 0) is 0 Å². The largest absolute Gasteiger partial charge is 0.456 e. The van der Waals surface area contributed by atoms with Crippen molar-refractivity contribution in [3.05, 3.63) is 212 Å². The number of para-hydroxylation sites is 1. The summed E-state index contributed by atoms with van der Waals surface area (Å²) in [5, 5.41) is 9.92. The third-order valence-electron chi connectivity index (χ3n) is 12.5. The van der Waals surface area contributed by atoms with Crippen LogP contribution in [0.2, 0.25) is 0 Å². The Bertz CT molecular complexity index is 3870. The number of hydrogen-bond donors (Lipinski definition) is 0. The first-order valence-corrected chi connectivity index (χ1v) is 22.6. The maximum atomic E-state index is 6.41. The summed E-state index contributed by atoms with van der Waals surface area (Å²) < 4.78 is 11.6. The van der Waals surface area contributed by atoms with Gasteiger partial charge in [-0.1, -0.05) is 152 Å². The summed E-state index contributed by atoms with van der Waals surface area (Å²) in [5.74, 6) is 0. The molecule has 0 aliphatic carbocycles. The first-order chi connectivity index (χ1) is 30.7. The second-order valence-corrected chi connectivity index (χ2v) is 18.1.